The van der Waals surface area contributed by atoms with E-state index in [1.807, 2.05) is 41.5 Å². The quantitative estimate of drug-likeness (QED) is 0.0968. The molecule has 0 unspecified atom stereocenters. The van der Waals surface area contributed by atoms with E-state index in [9.17, 15) is 9.90 Å². The Balaban J connectivity index is 0.000000430. The van der Waals surface area contributed by atoms with Gasteiger partial charge >= 0.3 is 0 Å². The first-order valence-electron chi connectivity index (χ1n) is 15.6. The van der Waals surface area contributed by atoms with Crippen LogP contribution in [0.25, 0.3) is 33.3 Å². The van der Waals surface area contributed by atoms with Crippen LogP contribution in [0.4, 0.5) is 0 Å². The number of hydrogen-bond acceptors (Lipinski definition) is 3. The number of ketones is 1. The van der Waals surface area contributed by atoms with Gasteiger partial charge in [-0.15, -0.1) is 34.9 Å². The molecule has 1 radical (unpaired) electrons. The van der Waals surface area contributed by atoms with Gasteiger partial charge in [-0.3, -0.25) is 9.78 Å². The molecule has 3 aromatic carbocycles. The van der Waals surface area contributed by atoms with Gasteiger partial charge in [-0.1, -0.05) is 143 Å². The first kappa shape index (κ1) is 38.3. The van der Waals surface area contributed by atoms with Crippen LogP contribution in [0.2, 0.25) is 19.6 Å². The molecular formula is C40H52IrNO2Si-. The second-order valence-corrected chi connectivity index (χ2v) is 21.0. The Hall–Kier alpha value is -2.85. The molecule has 0 aliphatic carbocycles. The summed E-state index contributed by atoms with van der Waals surface area (Å²) in [4.78, 5) is 16.7. The number of benzene rings is 3. The Kier molecular flexibility index (Phi) is 12.2. The third kappa shape index (κ3) is 10.1. The van der Waals surface area contributed by atoms with Crippen LogP contribution < -0.4 is 5.19 Å². The van der Waals surface area contributed by atoms with Crippen molar-refractivity contribution < 1.29 is 30.0 Å². The Labute approximate surface area is 287 Å². The van der Waals surface area contributed by atoms with E-state index in [1.165, 1.54) is 33.3 Å². The van der Waals surface area contributed by atoms with Crippen molar-refractivity contribution in [2.75, 3.05) is 0 Å². The number of rotatable bonds is 4. The standard InChI is InChI=1S/C29H32NSi.C11H20O2.Ir/c1-20-16-22(18-23(17-20)29(2,3)4)28-24(21-12-9-8-10-13-21)19-25-26(30-28)14-11-15-27(25)31(5,6)7;1-10(2,3)8(12)7-9(13)11(4,5)6;/h8-15,17-19H,1-7H3;7,12H,1-6H3;/q-1;;/b;8-7-;. The second kappa shape index (κ2) is 14.3. The van der Waals surface area contributed by atoms with Gasteiger partial charge in [0.1, 0.15) is 5.76 Å². The minimum absolute atomic E-state index is 0. The fraction of sp³-hybridized carbons (Fsp3) is 0.400. The summed E-state index contributed by atoms with van der Waals surface area (Å²) in [6, 6.07) is 27.7. The van der Waals surface area contributed by atoms with E-state index in [0.717, 1.165) is 22.3 Å². The number of aliphatic hydroxyl groups is 1. The first-order chi connectivity index (χ1) is 20.1. The average Bonchev–Trinajstić information content (AvgIpc) is 2.90. The number of hydrogen-bond donors (Lipinski definition) is 1. The summed E-state index contributed by atoms with van der Waals surface area (Å²) in [6.07, 6.45) is 1.33. The Bertz CT molecular complexity index is 1660. The number of carbonyl (C=O) groups excluding carboxylic acids is 1. The molecule has 3 nitrogen and oxygen atoms in total. The van der Waals surface area contributed by atoms with Crippen LogP contribution in [-0.4, -0.2) is 23.9 Å². The third-order valence-electron chi connectivity index (χ3n) is 7.65. The van der Waals surface area contributed by atoms with Crippen LogP contribution in [0.3, 0.4) is 0 Å². The maximum absolute atomic E-state index is 11.5. The zero-order valence-corrected chi connectivity index (χ0v) is 33.0. The molecule has 5 heteroatoms. The van der Waals surface area contributed by atoms with Crippen LogP contribution in [-0.2, 0) is 30.3 Å². The number of carbonyl (C=O) groups is 1. The monoisotopic (exact) mass is 799 g/mol. The molecule has 4 rings (SSSR count). The smallest absolute Gasteiger partial charge is 0.164 e. The van der Waals surface area contributed by atoms with Gasteiger partial charge in [0.15, 0.2) is 5.78 Å². The molecule has 0 spiro atoms. The molecule has 0 aliphatic heterocycles. The summed E-state index contributed by atoms with van der Waals surface area (Å²) in [5.41, 5.74) is 7.31. The predicted molar refractivity (Wildman–Crippen MR) is 192 cm³/mol. The van der Waals surface area contributed by atoms with Crippen molar-refractivity contribution in [3.8, 4) is 22.4 Å². The van der Waals surface area contributed by atoms with Gasteiger partial charge in [0.25, 0.3) is 0 Å². The molecular weight excluding hydrogens is 747 g/mol. The van der Waals surface area contributed by atoms with Gasteiger partial charge in [0, 0.05) is 37.0 Å². The van der Waals surface area contributed by atoms with Crippen LogP contribution in [0, 0.1) is 23.8 Å². The minimum atomic E-state index is -1.51. The van der Waals surface area contributed by atoms with Crippen LogP contribution in [0.5, 0.6) is 0 Å². The molecule has 1 N–H and O–H groups in total. The summed E-state index contributed by atoms with van der Waals surface area (Å²) in [5, 5.41) is 12.3. The molecule has 45 heavy (non-hydrogen) atoms. The molecule has 1 heterocycles. The largest absolute Gasteiger partial charge is 0.512 e. The number of allylic oxidation sites excluding steroid dienone is 2. The van der Waals surface area contributed by atoms with E-state index in [2.05, 4.69) is 120 Å². The predicted octanol–water partition coefficient (Wildman–Crippen LogP) is 10.6. The fourth-order valence-electron chi connectivity index (χ4n) is 4.73. The SMILES string of the molecule is CC(C)(C)C(=O)/C=C(\O)C(C)(C)C.Cc1[c-]c(-c2nc3cccc([Si](C)(C)C)c3cc2-c2ccccc2)cc(C(C)(C)C)c1.[Ir]. The van der Waals surface area contributed by atoms with Crippen molar-refractivity contribution in [1.29, 1.82) is 0 Å². The molecule has 0 saturated carbocycles. The Morgan fingerprint density at radius 1 is 0.822 bits per heavy atom. The molecule has 4 aromatic rings. The second-order valence-electron chi connectivity index (χ2n) is 16.0. The van der Waals surface area contributed by atoms with E-state index in [-0.39, 0.29) is 42.5 Å². The van der Waals surface area contributed by atoms with E-state index in [0.29, 0.717) is 0 Å². The van der Waals surface area contributed by atoms with E-state index in [4.69, 9.17) is 4.98 Å². The minimum Gasteiger partial charge on any atom is -0.512 e. The maximum atomic E-state index is 11.5. The molecule has 1 aromatic heterocycles. The third-order valence-corrected chi connectivity index (χ3v) is 9.70. The molecule has 0 fully saturated rings. The normalized spacial score (nSPS) is 12.7. The first-order valence-corrected chi connectivity index (χ1v) is 19.1. The van der Waals surface area contributed by atoms with Gasteiger partial charge in [-0.2, -0.15) is 0 Å². The Morgan fingerprint density at radius 3 is 1.93 bits per heavy atom. The van der Waals surface area contributed by atoms with Crippen molar-refractivity contribution >= 4 is 29.9 Å². The number of nitrogens with zero attached hydrogens (tertiary/aromatic N) is 1. The summed E-state index contributed by atoms with van der Waals surface area (Å²) < 4.78 is 0. The fourth-order valence-corrected chi connectivity index (χ4v) is 6.33. The van der Waals surface area contributed by atoms with E-state index >= 15 is 0 Å². The van der Waals surface area contributed by atoms with Crippen molar-refractivity contribution in [3.05, 3.63) is 95.8 Å². The van der Waals surface area contributed by atoms with Gasteiger partial charge in [0.2, 0.25) is 0 Å². The van der Waals surface area contributed by atoms with Gasteiger partial charge in [0.05, 0.1) is 13.6 Å². The molecule has 0 aliphatic rings. The van der Waals surface area contributed by atoms with Crippen molar-refractivity contribution in [3.63, 3.8) is 0 Å². The van der Waals surface area contributed by atoms with Crippen LogP contribution in [0.15, 0.2) is 78.6 Å². The number of aliphatic hydroxyl groups excluding tert-OH is 1. The van der Waals surface area contributed by atoms with E-state index in [1.54, 1.807) is 0 Å². The number of aromatic nitrogens is 1. The van der Waals surface area contributed by atoms with Crippen LogP contribution in [0.1, 0.15) is 73.4 Å². The summed E-state index contributed by atoms with van der Waals surface area (Å²) >= 11 is 0. The van der Waals surface area contributed by atoms with Gasteiger partial charge in [-0.25, -0.2) is 0 Å². The molecule has 0 atom stereocenters. The van der Waals surface area contributed by atoms with Crippen molar-refractivity contribution in [2.45, 2.75) is 94.3 Å². The topological polar surface area (TPSA) is 50.2 Å². The summed E-state index contributed by atoms with van der Waals surface area (Å²) in [6.45, 7) is 27.2. The van der Waals surface area contributed by atoms with Gasteiger partial charge in [-0.05, 0) is 33.7 Å². The zero-order chi connectivity index (χ0) is 33.3. The summed E-state index contributed by atoms with van der Waals surface area (Å²) in [7, 11) is -1.51. The molecule has 0 bridgehead atoms. The zero-order valence-electron chi connectivity index (χ0n) is 29.6. The number of aryl methyl sites for hydroxylation is 1. The van der Waals surface area contributed by atoms with Crippen molar-refractivity contribution in [1.82, 2.24) is 4.98 Å². The molecule has 0 saturated heterocycles. The van der Waals surface area contributed by atoms with Gasteiger partial charge < -0.3 is 5.11 Å². The van der Waals surface area contributed by atoms with Crippen LogP contribution >= 0.6 is 0 Å². The Morgan fingerprint density at radius 2 is 1.42 bits per heavy atom. The maximum Gasteiger partial charge on any atom is 0.164 e. The average molecular weight is 799 g/mol. The number of fused-ring (bicyclic) bond motifs is 1. The van der Waals surface area contributed by atoms with E-state index < -0.39 is 13.5 Å². The molecule has 0 amide bonds. The van der Waals surface area contributed by atoms with Crippen molar-refractivity contribution in [2.24, 2.45) is 10.8 Å². The molecule has 243 valence electrons. The number of pyridine rings is 1. The summed E-state index contributed by atoms with van der Waals surface area (Å²) in [5.74, 6) is 0.104.